The minimum atomic E-state index is 0.0627. The van der Waals surface area contributed by atoms with E-state index in [0.717, 1.165) is 44.9 Å². The Morgan fingerprint density at radius 2 is 2.12 bits per heavy atom. The van der Waals surface area contributed by atoms with Gasteiger partial charge in [-0.3, -0.25) is 9.79 Å². The molecule has 2 aromatic rings. The Hall–Kier alpha value is -2.08. The number of aryl methyl sites for hydroxylation is 1. The van der Waals surface area contributed by atoms with Crippen molar-refractivity contribution in [1.29, 1.82) is 0 Å². The smallest absolute Gasteiger partial charge is 0.250 e. The number of guanidine groups is 1. The van der Waals surface area contributed by atoms with Gasteiger partial charge in [-0.15, -0.1) is 11.3 Å². The second-order valence-electron chi connectivity index (χ2n) is 6.21. The maximum Gasteiger partial charge on any atom is 0.250 e. The molecule has 136 valence electrons. The number of hydrogen-bond acceptors (Lipinski definition) is 3. The van der Waals surface area contributed by atoms with Crippen molar-refractivity contribution in [1.82, 2.24) is 15.2 Å². The van der Waals surface area contributed by atoms with Crippen LogP contribution in [0.1, 0.15) is 24.6 Å². The average Bonchev–Trinajstić information content (AvgIpc) is 3.11. The monoisotopic (exact) mass is 360 g/mol. The van der Waals surface area contributed by atoms with Crippen molar-refractivity contribution in [3.05, 3.63) is 57.1 Å². The third-order valence-electron chi connectivity index (χ3n) is 3.99. The van der Waals surface area contributed by atoms with Gasteiger partial charge in [0.25, 0.3) is 0 Å². The highest BCUT2D eigenvalue weighted by Gasteiger charge is 2.06. The van der Waals surface area contributed by atoms with Crippen LogP contribution in [0.5, 0.6) is 0 Å². The summed E-state index contributed by atoms with van der Waals surface area (Å²) in [6.07, 6.45) is 4.88. The lowest BCUT2D eigenvalue weighted by Crippen LogP contribution is -2.40. The molecular weight excluding hydrogens is 332 g/mol. The van der Waals surface area contributed by atoms with Crippen LogP contribution in [0, 0.1) is 5.92 Å². The molecule has 0 radical (unpaired) electrons. The Bertz CT molecular complexity index is 693. The lowest BCUT2D eigenvalue weighted by molar-refractivity contribution is 0.556. The van der Waals surface area contributed by atoms with Crippen LogP contribution >= 0.6 is 11.3 Å². The van der Waals surface area contributed by atoms with Crippen LogP contribution < -0.4 is 16.2 Å². The Balaban J connectivity index is 1.60. The summed E-state index contributed by atoms with van der Waals surface area (Å²) >= 11 is 1.81. The molecule has 1 atom stereocenters. The quantitative estimate of drug-likeness (QED) is 0.411. The number of unbranched alkanes of at least 4 members (excludes halogenated alkanes) is 1. The summed E-state index contributed by atoms with van der Waals surface area (Å²) < 4.78 is 1.75. The first-order valence-corrected chi connectivity index (χ1v) is 9.69. The minimum absolute atomic E-state index is 0.0627. The molecule has 2 aromatic heterocycles. The molecular formula is C19H28N4OS. The molecule has 2 rings (SSSR count). The van der Waals surface area contributed by atoms with E-state index in [1.54, 1.807) is 23.7 Å². The van der Waals surface area contributed by atoms with Gasteiger partial charge < -0.3 is 15.2 Å². The lowest BCUT2D eigenvalue weighted by atomic mass is 10.1. The van der Waals surface area contributed by atoms with Gasteiger partial charge in [0.05, 0.1) is 0 Å². The van der Waals surface area contributed by atoms with Crippen molar-refractivity contribution in [2.24, 2.45) is 10.9 Å². The van der Waals surface area contributed by atoms with Crippen LogP contribution in [0.3, 0.4) is 0 Å². The predicted octanol–water partition coefficient (Wildman–Crippen LogP) is 2.73. The Morgan fingerprint density at radius 1 is 1.24 bits per heavy atom. The highest BCUT2D eigenvalue weighted by atomic mass is 32.1. The second kappa shape index (κ2) is 10.7. The van der Waals surface area contributed by atoms with Crippen LogP contribution in [-0.4, -0.2) is 30.7 Å². The van der Waals surface area contributed by atoms with E-state index in [1.807, 2.05) is 23.6 Å². The normalized spacial score (nSPS) is 12.8. The molecule has 0 aliphatic carbocycles. The molecule has 0 fully saturated rings. The summed E-state index contributed by atoms with van der Waals surface area (Å²) in [5.74, 6) is 1.40. The molecule has 0 aromatic carbocycles. The summed E-state index contributed by atoms with van der Waals surface area (Å²) in [5.41, 5.74) is 0.0627. The number of rotatable bonds is 9. The lowest BCUT2D eigenvalue weighted by Gasteiger charge is -2.15. The fourth-order valence-corrected chi connectivity index (χ4v) is 3.46. The molecule has 0 amide bonds. The molecule has 0 saturated carbocycles. The SMILES string of the molecule is CN=C(NCCCCn1ccccc1=O)NCC(C)Cc1cccs1. The summed E-state index contributed by atoms with van der Waals surface area (Å²) in [6, 6.07) is 9.55. The van der Waals surface area contributed by atoms with E-state index in [0.29, 0.717) is 5.92 Å². The van der Waals surface area contributed by atoms with E-state index in [2.05, 4.69) is 40.1 Å². The first-order chi connectivity index (χ1) is 12.2. The first kappa shape index (κ1) is 19.2. The molecule has 6 heteroatoms. The minimum Gasteiger partial charge on any atom is -0.356 e. The molecule has 0 aliphatic rings. The highest BCUT2D eigenvalue weighted by molar-refractivity contribution is 7.09. The van der Waals surface area contributed by atoms with Crippen LogP contribution in [0.4, 0.5) is 0 Å². The Kier molecular flexibility index (Phi) is 8.25. The number of aromatic nitrogens is 1. The van der Waals surface area contributed by atoms with Crippen molar-refractivity contribution in [3.63, 3.8) is 0 Å². The van der Waals surface area contributed by atoms with Gasteiger partial charge in [0, 0.05) is 43.8 Å². The van der Waals surface area contributed by atoms with Gasteiger partial charge in [0.15, 0.2) is 5.96 Å². The number of nitrogens with zero attached hydrogens (tertiary/aromatic N) is 2. The first-order valence-electron chi connectivity index (χ1n) is 8.81. The van der Waals surface area contributed by atoms with Crippen LogP contribution in [0.25, 0.3) is 0 Å². The summed E-state index contributed by atoms with van der Waals surface area (Å²) in [5, 5.41) is 8.85. The standard InChI is InChI=1S/C19H28N4OS/c1-16(14-17-8-7-13-25-17)15-22-19(20-2)21-10-4-6-12-23-11-5-3-9-18(23)24/h3,5,7-9,11,13,16H,4,6,10,12,14-15H2,1-2H3,(H2,20,21,22). The van der Waals surface area contributed by atoms with Crippen LogP contribution in [0.2, 0.25) is 0 Å². The zero-order chi connectivity index (χ0) is 17.9. The molecule has 1 unspecified atom stereocenters. The predicted molar refractivity (Wildman–Crippen MR) is 106 cm³/mol. The van der Waals surface area contributed by atoms with Crippen molar-refractivity contribution in [2.45, 2.75) is 32.7 Å². The maximum atomic E-state index is 11.6. The van der Waals surface area contributed by atoms with E-state index in [1.165, 1.54) is 4.88 Å². The van der Waals surface area contributed by atoms with Crippen molar-refractivity contribution in [2.75, 3.05) is 20.1 Å². The topological polar surface area (TPSA) is 58.4 Å². The number of thiophene rings is 1. The zero-order valence-electron chi connectivity index (χ0n) is 15.1. The second-order valence-corrected chi connectivity index (χ2v) is 7.24. The molecule has 2 N–H and O–H groups in total. The van der Waals surface area contributed by atoms with Gasteiger partial charge in [0.1, 0.15) is 0 Å². The number of pyridine rings is 1. The Morgan fingerprint density at radius 3 is 2.84 bits per heavy atom. The van der Waals surface area contributed by atoms with Crippen molar-refractivity contribution >= 4 is 17.3 Å². The van der Waals surface area contributed by atoms with Crippen LogP contribution in [0.15, 0.2) is 51.7 Å². The van der Waals surface area contributed by atoms with E-state index in [-0.39, 0.29) is 5.56 Å². The van der Waals surface area contributed by atoms with Gasteiger partial charge in [-0.2, -0.15) is 0 Å². The molecule has 0 spiro atoms. The molecule has 0 aliphatic heterocycles. The fourth-order valence-electron chi connectivity index (χ4n) is 2.60. The van der Waals surface area contributed by atoms with Gasteiger partial charge in [-0.25, -0.2) is 0 Å². The molecule has 5 nitrogen and oxygen atoms in total. The maximum absolute atomic E-state index is 11.6. The number of aliphatic imine (C=N–C) groups is 1. The molecule has 0 bridgehead atoms. The van der Waals surface area contributed by atoms with Gasteiger partial charge in [-0.1, -0.05) is 19.1 Å². The van der Waals surface area contributed by atoms with E-state index >= 15 is 0 Å². The molecule has 25 heavy (non-hydrogen) atoms. The fraction of sp³-hybridized carbons (Fsp3) is 0.474. The average molecular weight is 361 g/mol. The summed E-state index contributed by atoms with van der Waals surface area (Å²) in [6.45, 7) is 4.75. The largest absolute Gasteiger partial charge is 0.356 e. The van der Waals surface area contributed by atoms with Crippen LogP contribution in [-0.2, 0) is 13.0 Å². The molecule has 0 saturated heterocycles. The van der Waals surface area contributed by atoms with E-state index < -0.39 is 0 Å². The summed E-state index contributed by atoms with van der Waals surface area (Å²) in [4.78, 5) is 17.3. The number of nitrogens with one attached hydrogen (secondary N) is 2. The molecule has 2 heterocycles. The van der Waals surface area contributed by atoms with Crippen molar-refractivity contribution < 1.29 is 0 Å². The summed E-state index contributed by atoms with van der Waals surface area (Å²) in [7, 11) is 1.79. The zero-order valence-corrected chi connectivity index (χ0v) is 15.9. The Labute approximate surface area is 153 Å². The van der Waals surface area contributed by atoms with Gasteiger partial charge in [-0.05, 0) is 42.7 Å². The highest BCUT2D eigenvalue weighted by Crippen LogP contribution is 2.13. The van der Waals surface area contributed by atoms with Gasteiger partial charge in [0.2, 0.25) is 5.56 Å². The van der Waals surface area contributed by atoms with Gasteiger partial charge >= 0.3 is 0 Å². The van der Waals surface area contributed by atoms with E-state index in [4.69, 9.17) is 0 Å². The van der Waals surface area contributed by atoms with Crippen molar-refractivity contribution in [3.8, 4) is 0 Å². The third kappa shape index (κ3) is 7.13. The number of hydrogen-bond donors (Lipinski definition) is 2. The third-order valence-corrected chi connectivity index (χ3v) is 4.89. The van der Waals surface area contributed by atoms with E-state index in [9.17, 15) is 4.79 Å².